The molecule has 1 nitrogen and oxygen atoms in total. The highest BCUT2D eigenvalue weighted by molar-refractivity contribution is 6.26. The van der Waals surface area contributed by atoms with Crippen LogP contribution < -0.4 is 0 Å². The van der Waals surface area contributed by atoms with Crippen molar-refractivity contribution < 1.29 is 19.5 Å². The van der Waals surface area contributed by atoms with E-state index in [4.69, 9.17) is 18.1 Å². The van der Waals surface area contributed by atoms with Crippen LogP contribution in [0, 0.1) is 0 Å². The Kier molecular flexibility index (Phi) is 3.04. The predicted molar refractivity (Wildman–Crippen MR) is 165 cm³/mol. The fraction of sp³-hybridized carbons (Fsp3) is 0. The van der Waals surface area contributed by atoms with Gasteiger partial charge < -0.3 is 4.42 Å². The molecule has 0 radical (unpaired) electrons. The van der Waals surface area contributed by atoms with Gasteiger partial charge in [0.25, 0.3) is 0 Å². The van der Waals surface area contributed by atoms with Gasteiger partial charge >= 0.3 is 0 Å². The first kappa shape index (κ1) is 13.6. The summed E-state index contributed by atoms with van der Waals surface area (Å²) < 4.78 is 102. The van der Waals surface area contributed by atoms with Crippen molar-refractivity contribution in [3.05, 3.63) is 145 Å². The lowest BCUT2D eigenvalue weighted by molar-refractivity contribution is 0.632. The largest absolute Gasteiger partial charge is 0.455 e. The topological polar surface area (TPSA) is 13.1 Å². The number of furan rings is 1. The third-order valence-electron chi connectivity index (χ3n) is 7.11. The number of para-hydroxylation sites is 1. The van der Waals surface area contributed by atoms with Crippen LogP contribution in [0.25, 0.3) is 76.9 Å². The van der Waals surface area contributed by atoms with Crippen LogP contribution in [-0.4, -0.2) is 0 Å². The van der Waals surface area contributed by atoms with E-state index in [2.05, 4.69) is 0 Å². The third kappa shape index (κ3) is 3.34. The van der Waals surface area contributed by atoms with Gasteiger partial charge in [-0.15, -0.1) is 0 Å². The van der Waals surface area contributed by atoms with Gasteiger partial charge in [0.15, 0.2) is 0 Å². The second kappa shape index (κ2) is 8.72. The van der Waals surface area contributed by atoms with Gasteiger partial charge in [0.2, 0.25) is 0 Å². The number of rotatable bonds is 3. The number of hydrogen-bond acceptors (Lipinski definition) is 1. The third-order valence-corrected chi connectivity index (χ3v) is 7.11. The number of fused-ring (bicyclic) bond motifs is 4. The zero-order valence-electron chi connectivity index (χ0n) is 31.4. The minimum Gasteiger partial charge on any atom is -0.455 e. The Morgan fingerprint density at radius 3 is 1.72 bits per heavy atom. The van der Waals surface area contributed by atoms with E-state index in [9.17, 15) is 1.37 Å². The van der Waals surface area contributed by atoms with E-state index < -0.39 is 48.3 Å². The molecule has 39 heavy (non-hydrogen) atoms. The molecule has 1 heterocycles. The monoisotopic (exact) mass is 507 g/mol. The van der Waals surface area contributed by atoms with E-state index in [1.807, 2.05) is 66.7 Å². The molecule has 0 amide bonds. The predicted octanol–water partition coefficient (Wildman–Crippen LogP) is 10.9. The van der Waals surface area contributed by atoms with Gasteiger partial charge in [-0.2, -0.15) is 0 Å². The zero-order chi connectivity index (χ0) is 35.3. The number of hydrogen-bond donors (Lipinski definition) is 0. The van der Waals surface area contributed by atoms with Gasteiger partial charge in [-0.25, -0.2) is 0 Å². The molecule has 0 aliphatic carbocycles. The molecule has 0 fully saturated rings. The maximum absolute atomic E-state index is 9.18. The van der Waals surface area contributed by atoms with Crippen LogP contribution in [0.4, 0.5) is 0 Å². The fourth-order valence-corrected chi connectivity index (χ4v) is 5.52. The highest BCUT2D eigenvalue weighted by Crippen LogP contribution is 2.49. The second-order valence-corrected chi connectivity index (χ2v) is 9.22. The molecule has 8 rings (SSSR count). The van der Waals surface area contributed by atoms with E-state index in [1.165, 1.54) is 0 Å². The summed E-state index contributed by atoms with van der Waals surface area (Å²) in [5.41, 5.74) is 2.22. The first-order chi connectivity index (χ1) is 24.0. The molecule has 0 spiro atoms. The first-order valence-corrected chi connectivity index (χ1v) is 12.5. The first-order valence-electron chi connectivity index (χ1n) is 18.0. The summed E-state index contributed by atoms with van der Waals surface area (Å²) in [4.78, 5) is 0. The lowest BCUT2D eigenvalue weighted by atomic mass is 9.83. The van der Waals surface area contributed by atoms with Crippen LogP contribution in [-0.2, 0) is 0 Å². The Morgan fingerprint density at radius 2 is 1.00 bits per heavy atom. The average Bonchev–Trinajstić information content (AvgIpc) is 3.53. The summed E-state index contributed by atoms with van der Waals surface area (Å²) in [5, 5.41) is 2.38. The van der Waals surface area contributed by atoms with Crippen LogP contribution in [0.15, 0.2) is 150 Å². The van der Waals surface area contributed by atoms with Crippen molar-refractivity contribution in [3.8, 4) is 33.6 Å². The van der Waals surface area contributed by atoms with E-state index >= 15 is 0 Å². The lowest BCUT2D eigenvalue weighted by Gasteiger charge is -2.19. The normalized spacial score (nSPS) is 15.5. The van der Waals surface area contributed by atoms with Crippen molar-refractivity contribution in [1.29, 1.82) is 0 Å². The molecule has 0 atom stereocenters. The second-order valence-electron chi connectivity index (χ2n) is 9.22. The fourth-order valence-electron chi connectivity index (χ4n) is 5.52. The standard InChI is InChI=1S/C38H24O/c1-2-14-26(15-3-1)38-37(33-22-10-11-24-34(33)39-38)36-31-20-8-6-18-29(31)35(30-19-7-9-21-32(30)36)28-23-12-16-25-13-4-5-17-27(25)28/h1-24H/i4D,5D,10D,11D,12D,13D,16D,17D,22D,23D,24D. The van der Waals surface area contributed by atoms with Crippen molar-refractivity contribution in [1.82, 2.24) is 0 Å². The van der Waals surface area contributed by atoms with Crippen LogP contribution in [0.2, 0.25) is 0 Å². The molecule has 1 heteroatoms. The van der Waals surface area contributed by atoms with Gasteiger partial charge in [0.05, 0.1) is 15.1 Å². The van der Waals surface area contributed by atoms with Crippen molar-refractivity contribution in [2.45, 2.75) is 0 Å². The van der Waals surface area contributed by atoms with Gasteiger partial charge in [-0.05, 0) is 49.5 Å². The van der Waals surface area contributed by atoms with E-state index in [0.717, 1.165) is 0 Å². The highest BCUT2D eigenvalue weighted by atomic mass is 16.3. The molecule has 7 aromatic carbocycles. The average molecular weight is 508 g/mol. The van der Waals surface area contributed by atoms with Gasteiger partial charge in [0.1, 0.15) is 11.3 Å². The maximum atomic E-state index is 9.18. The van der Waals surface area contributed by atoms with Gasteiger partial charge in [-0.1, -0.05) is 139 Å². The summed E-state index contributed by atoms with van der Waals surface area (Å²) >= 11 is 0. The summed E-state index contributed by atoms with van der Waals surface area (Å²) in [6, 6.07) is 19.1. The Labute approximate surface area is 242 Å². The minimum atomic E-state index is -0.533. The Bertz CT molecular complexity index is 2710. The SMILES string of the molecule is [2H]c1c([2H])c([2H])c2c(-c3c4ccccc4c(-c4c([2H])c([2H])c([2H])c5c([2H])c([2H])c([2H])c([2H])c45)c4ccccc34)c(-c3ccccc3)oc2c1[2H]. The number of benzene rings is 7. The highest BCUT2D eigenvalue weighted by Gasteiger charge is 2.24. The molecule has 0 aliphatic rings. The van der Waals surface area contributed by atoms with Crippen LogP contribution in [0.5, 0.6) is 0 Å². The molecule has 0 saturated carbocycles. The molecule has 182 valence electrons. The summed E-state index contributed by atoms with van der Waals surface area (Å²) in [5.74, 6) is 0.336. The summed E-state index contributed by atoms with van der Waals surface area (Å²) in [7, 11) is 0. The van der Waals surface area contributed by atoms with E-state index in [1.54, 1.807) is 12.1 Å². The van der Waals surface area contributed by atoms with Crippen molar-refractivity contribution in [2.75, 3.05) is 0 Å². The quantitative estimate of drug-likeness (QED) is 0.217. The lowest BCUT2D eigenvalue weighted by Crippen LogP contribution is -1.92. The molecule has 0 saturated heterocycles. The van der Waals surface area contributed by atoms with Crippen molar-refractivity contribution in [2.24, 2.45) is 0 Å². The molecule has 0 aliphatic heterocycles. The smallest absolute Gasteiger partial charge is 0.143 e. The van der Waals surface area contributed by atoms with E-state index in [0.29, 0.717) is 49.6 Å². The van der Waals surface area contributed by atoms with Crippen LogP contribution >= 0.6 is 0 Å². The van der Waals surface area contributed by atoms with Gasteiger partial charge in [0, 0.05) is 22.1 Å². The molecule has 0 N–H and O–H groups in total. The van der Waals surface area contributed by atoms with Crippen molar-refractivity contribution >= 4 is 43.3 Å². The van der Waals surface area contributed by atoms with Gasteiger partial charge in [-0.3, -0.25) is 0 Å². The molecule has 8 aromatic rings. The molecular weight excluding hydrogens is 472 g/mol. The Hall–Kier alpha value is -5.14. The maximum Gasteiger partial charge on any atom is 0.143 e. The Morgan fingerprint density at radius 1 is 0.436 bits per heavy atom. The summed E-state index contributed by atoms with van der Waals surface area (Å²) in [6.07, 6.45) is 0. The van der Waals surface area contributed by atoms with Crippen molar-refractivity contribution in [3.63, 3.8) is 0 Å². The van der Waals surface area contributed by atoms with Crippen LogP contribution in [0.3, 0.4) is 0 Å². The molecular formula is C38H24O. The molecule has 1 aromatic heterocycles. The summed E-state index contributed by atoms with van der Waals surface area (Å²) in [6.45, 7) is 0. The van der Waals surface area contributed by atoms with E-state index in [-0.39, 0.29) is 45.4 Å². The zero-order valence-corrected chi connectivity index (χ0v) is 20.4. The minimum absolute atomic E-state index is 0.00223. The Balaban J connectivity index is 1.65. The molecule has 0 bridgehead atoms. The van der Waals surface area contributed by atoms with Crippen LogP contribution in [0.1, 0.15) is 15.1 Å². The molecule has 0 unspecified atom stereocenters.